The van der Waals surface area contributed by atoms with Crippen LogP contribution in [0.4, 0.5) is 11.4 Å². The largest absolute Gasteiger partial charge is 0.350 e. The quantitative estimate of drug-likeness (QED) is 0.343. The van der Waals surface area contributed by atoms with E-state index < -0.39 is 14.9 Å². The lowest BCUT2D eigenvalue weighted by Gasteiger charge is -2.28. The summed E-state index contributed by atoms with van der Waals surface area (Å²) in [5.74, 6) is -0.252. The first kappa shape index (κ1) is 24.4. The van der Waals surface area contributed by atoms with E-state index in [1.54, 1.807) is 0 Å². The molecule has 3 aromatic rings. The molecule has 1 amide bonds. The fourth-order valence-corrected chi connectivity index (χ4v) is 5.24. The van der Waals surface area contributed by atoms with E-state index in [0.717, 1.165) is 37.6 Å². The van der Waals surface area contributed by atoms with Crippen LogP contribution in [0.25, 0.3) is 0 Å². The van der Waals surface area contributed by atoms with Gasteiger partial charge in [0.2, 0.25) is 0 Å². The third kappa shape index (κ3) is 6.03. The number of anilines is 1. The van der Waals surface area contributed by atoms with Gasteiger partial charge in [0.1, 0.15) is 0 Å². The zero-order chi connectivity index (χ0) is 24.8. The van der Waals surface area contributed by atoms with E-state index in [-0.39, 0.29) is 28.2 Å². The van der Waals surface area contributed by atoms with E-state index in [0.29, 0.717) is 12.1 Å². The standard InChI is InChI=1S/C25H26N4O5S/c30-25(26-18-24(28-15-4-5-16-28)19-7-2-1-3-8-19)20-11-13-21(14-12-20)27-35(33,34)23-10-6-9-22(17-23)29(31)32/h1-3,6-14,17,24,27H,4-5,15-16,18H2,(H,26,30). The van der Waals surface area contributed by atoms with E-state index in [4.69, 9.17) is 0 Å². The van der Waals surface area contributed by atoms with Gasteiger partial charge in [-0.3, -0.25) is 24.5 Å². The number of nitrogens with zero attached hydrogens (tertiary/aromatic N) is 2. The molecule has 1 aliphatic rings. The lowest BCUT2D eigenvalue weighted by molar-refractivity contribution is -0.385. The molecule has 4 rings (SSSR count). The minimum Gasteiger partial charge on any atom is -0.350 e. The zero-order valence-corrected chi connectivity index (χ0v) is 19.8. The lowest BCUT2D eigenvalue weighted by Crippen LogP contribution is -2.36. The summed E-state index contributed by atoms with van der Waals surface area (Å²) >= 11 is 0. The number of nitro benzene ring substituents is 1. The molecule has 1 atom stereocenters. The van der Waals surface area contributed by atoms with Gasteiger partial charge in [0.05, 0.1) is 15.9 Å². The highest BCUT2D eigenvalue weighted by Crippen LogP contribution is 2.25. The van der Waals surface area contributed by atoms with E-state index in [1.807, 2.05) is 18.2 Å². The Balaban J connectivity index is 1.41. The van der Waals surface area contributed by atoms with Crippen LogP contribution in [0.15, 0.2) is 83.8 Å². The Morgan fingerprint density at radius 1 is 0.971 bits per heavy atom. The number of benzene rings is 3. The minimum absolute atomic E-state index is 0.0867. The van der Waals surface area contributed by atoms with Crippen LogP contribution in [0.3, 0.4) is 0 Å². The predicted octanol–water partition coefficient (Wildman–Crippen LogP) is 3.96. The Labute approximate surface area is 204 Å². The van der Waals surface area contributed by atoms with E-state index in [9.17, 15) is 23.3 Å². The second-order valence-electron chi connectivity index (χ2n) is 8.32. The second-order valence-corrected chi connectivity index (χ2v) is 10.00. The molecule has 2 N–H and O–H groups in total. The van der Waals surface area contributed by atoms with Crippen LogP contribution in [0, 0.1) is 10.1 Å². The van der Waals surface area contributed by atoms with E-state index in [2.05, 4.69) is 27.1 Å². The smallest absolute Gasteiger partial charge is 0.270 e. The van der Waals surface area contributed by atoms with Crippen LogP contribution in [0.5, 0.6) is 0 Å². The SMILES string of the molecule is O=C(NCC(c1ccccc1)N1CCCC1)c1ccc(NS(=O)(=O)c2cccc([N+](=O)[O-])c2)cc1. The van der Waals surface area contributed by atoms with Crippen molar-refractivity contribution in [2.45, 2.75) is 23.8 Å². The summed E-state index contributed by atoms with van der Waals surface area (Å²) in [4.78, 5) is 25.2. The first-order chi connectivity index (χ1) is 16.8. The average Bonchev–Trinajstić information content (AvgIpc) is 3.40. The van der Waals surface area contributed by atoms with Crippen molar-refractivity contribution in [3.05, 3.63) is 100 Å². The van der Waals surface area contributed by atoms with Crippen LogP contribution >= 0.6 is 0 Å². The highest BCUT2D eigenvalue weighted by Gasteiger charge is 2.24. The monoisotopic (exact) mass is 494 g/mol. The third-order valence-corrected chi connectivity index (χ3v) is 7.34. The third-order valence-electron chi connectivity index (χ3n) is 5.96. The maximum Gasteiger partial charge on any atom is 0.270 e. The van der Waals surface area contributed by atoms with Crippen molar-refractivity contribution >= 4 is 27.3 Å². The van der Waals surface area contributed by atoms with Crippen LogP contribution in [0.1, 0.15) is 34.8 Å². The number of non-ortho nitro benzene ring substituents is 1. The molecule has 182 valence electrons. The number of sulfonamides is 1. The summed E-state index contributed by atoms with van der Waals surface area (Å²) < 4.78 is 27.6. The van der Waals surface area contributed by atoms with Crippen molar-refractivity contribution in [1.29, 1.82) is 0 Å². The summed E-state index contributed by atoms with van der Waals surface area (Å²) in [5, 5.41) is 13.9. The van der Waals surface area contributed by atoms with Crippen molar-refractivity contribution < 1.29 is 18.1 Å². The molecule has 35 heavy (non-hydrogen) atoms. The molecule has 1 unspecified atom stereocenters. The van der Waals surface area contributed by atoms with Gasteiger partial charge in [0, 0.05) is 29.9 Å². The van der Waals surface area contributed by atoms with Crippen molar-refractivity contribution in [2.75, 3.05) is 24.4 Å². The molecular formula is C25H26N4O5S. The molecule has 0 bridgehead atoms. The Hall–Kier alpha value is -3.76. The molecular weight excluding hydrogens is 468 g/mol. The fraction of sp³-hybridized carbons (Fsp3) is 0.240. The van der Waals surface area contributed by atoms with Crippen molar-refractivity contribution in [3.8, 4) is 0 Å². The summed E-state index contributed by atoms with van der Waals surface area (Å²) in [6, 6.07) is 21.0. The molecule has 0 radical (unpaired) electrons. The maximum atomic E-state index is 12.8. The van der Waals surface area contributed by atoms with Gasteiger partial charge in [0.15, 0.2) is 0 Å². The van der Waals surface area contributed by atoms with Gasteiger partial charge in [-0.1, -0.05) is 36.4 Å². The van der Waals surface area contributed by atoms with Gasteiger partial charge in [-0.15, -0.1) is 0 Å². The average molecular weight is 495 g/mol. The number of hydrogen-bond acceptors (Lipinski definition) is 6. The molecule has 1 fully saturated rings. The number of carbonyl (C=O) groups excluding carboxylic acids is 1. The van der Waals surface area contributed by atoms with Gasteiger partial charge in [-0.25, -0.2) is 8.42 Å². The molecule has 3 aromatic carbocycles. The molecule has 1 aliphatic heterocycles. The second kappa shape index (κ2) is 10.7. The highest BCUT2D eigenvalue weighted by molar-refractivity contribution is 7.92. The Morgan fingerprint density at radius 2 is 1.66 bits per heavy atom. The van der Waals surface area contributed by atoms with Crippen LogP contribution in [-0.2, 0) is 10.0 Å². The predicted molar refractivity (Wildman–Crippen MR) is 133 cm³/mol. The zero-order valence-electron chi connectivity index (χ0n) is 19.0. The molecule has 0 spiro atoms. The maximum absolute atomic E-state index is 12.8. The topological polar surface area (TPSA) is 122 Å². The first-order valence-electron chi connectivity index (χ1n) is 11.3. The van der Waals surface area contributed by atoms with Gasteiger partial charge in [-0.2, -0.15) is 0 Å². The van der Waals surface area contributed by atoms with Gasteiger partial charge < -0.3 is 5.32 Å². The number of carbonyl (C=O) groups is 1. The molecule has 1 heterocycles. The Kier molecular flexibility index (Phi) is 7.42. The Bertz CT molecular complexity index is 1290. The molecule has 1 saturated heterocycles. The van der Waals surface area contributed by atoms with Crippen molar-refractivity contribution in [2.24, 2.45) is 0 Å². The summed E-state index contributed by atoms with van der Waals surface area (Å²) in [7, 11) is -4.02. The molecule has 9 nitrogen and oxygen atoms in total. The fourth-order valence-electron chi connectivity index (χ4n) is 4.15. The van der Waals surface area contributed by atoms with Crippen molar-refractivity contribution in [3.63, 3.8) is 0 Å². The molecule has 0 aliphatic carbocycles. The number of nitro groups is 1. The minimum atomic E-state index is -4.02. The highest BCUT2D eigenvalue weighted by atomic mass is 32.2. The summed E-state index contributed by atoms with van der Waals surface area (Å²) in [5.41, 5.74) is 1.48. The van der Waals surface area contributed by atoms with Gasteiger partial charge in [0.25, 0.3) is 21.6 Å². The van der Waals surface area contributed by atoms with E-state index in [1.165, 1.54) is 42.5 Å². The summed E-state index contributed by atoms with van der Waals surface area (Å²) in [6.07, 6.45) is 2.29. The van der Waals surface area contributed by atoms with Crippen LogP contribution < -0.4 is 10.0 Å². The number of hydrogen-bond donors (Lipinski definition) is 2. The lowest BCUT2D eigenvalue weighted by atomic mass is 10.1. The number of amides is 1. The molecule has 10 heteroatoms. The first-order valence-corrected chi connectivity index (χ1v) is 12.8. The summed E-state index contributed by atoms with van der Waals surface area (Å²) in [6.45, 7) is 2.45. The molecule has 0 saturated carbocycles. The Morgan fingerprint density at radius 3 is 2.31 bits per heavy atom. The number of likely N-dealkylation sites (tertiary alicyclic amines) is 1. The number of nitrogens with one attached hydrogen (secondary N) is 2. The number of rotatable bonds is 9. The molecule has 0 aromatic heterocycles. The normalized spacial score (nSPS) is 14.9. The van der Waals surface area contributed by atoms with Crippen molar-refractivity contribution in [1.82, 2.24) is 10.2 Å². The van der Waals surface area contributed by atoms with Gasteiger partial charge >= 0.3 is 0 Å². The van der Waals surface area contributed by atoms with Gasteiger partial charge in [-0.05, 0) is 61.8 Å². The van der Waals surface area contributed by atoms with Crippen LogP contribution in [-0.4, -0.2) is 43.8 Å². The van der Waals surface area contributed by atoms with E-state index >= 15 is 0 Å². The van der Waals surface area contributed by atoms with Crippen LogP contribution in [0.2, 0.25) is 0 Å².